The molecule has 0 unspecified atom stereocenters. The minimum absolute atomic E-state index is 0.101. The fourth-order valence-electron chi connectivity index (χ4n) is 6.16. The second-order valence-corrected chi connectivity index (χ2v) is 10.9. The van der Waals surface area contributed by atoms with E-state index in [1.165, 1.54) is 0 Å². The fourth-order valence-corrected chi connectivity index (χ4v) is 6.16. The van der Waals surface area contributed by atoms with E-state index in [4.69, 9.17) is 9.47 Å². The van der Waals surface area contributed by atoms with E-state index in [1.54, 1.807) is 4.90 Å². The van der Waals surface area contributed by atoms with Crippen LogP contribution in [0.15, 0.2) is 36.4 Å². The van der Waals surface area contributed by atoms with Crippen LogP contribution >= 0.6 is 0 Å². The summed E-state index contributed by atoms with van der Waals surface area (Å²) in [6, 6.07) is 8.40. The maximum absolute atomic E-state index is 13.6. The highest BCUT2D eigenvalue weighted by Crippen LogP contribution is 2.30. The average molecular weight is 525 g/mol. The third-order valence-electron chi connectivity index (χ3n) is 8.52. The third-order valence-corrected chi connectivity index (χ3v) is 8.52. The summed E-state index contributed by atoms with van der Waals surface area (Å²) < 4.78 is 11.8. The summed E-state index contributed by atoms with van der Waals surface area (Å²) >= 11 is 0. The molecule has 1 aromatic rings. The second kappa shape index (κ2) is 12.8. The van der Waals surface area contributed by atoms with Crippen LogP contribution in [0.3, 0.4) is 0 Å². The topological polar surface area (TPSA) is 82.6 Å². The Kier molecular flexibility index (Phi) is 8.96. The molecule has 0 saturated carbocycles. The highest BCUT2D eigenvalue weighted by molar-refractivity contribution is 5.79. The van der Waals surface area contributed by atoms with Gasteiger partial charge in [0.25, 0.3) is 0 Å². The normalized spacial score (nSPS) is 26.0. The van der Waals surface area contributed by atoms with Crippen molar-refractivity contribution < 1.29 is 23.9 Å². The van der Waals surface area contributed by atoms with Crippen molar-refractivity contribution in [3.8, 4) is 5.75 Å². The minimum Gasteiger partial charge on any atom is -0.489 e. The minimum atomic E-state index is 0.101. The van der Waals surface area contributed by atoms with Crippen molar-refractivity contribution in [2.45, 2.75) is 38.3 Å². The molecule has 9 heteroatoms. The van der Waals surface area contributed by atoms with Crippen molar-refractivity contribution in [1.29, 1.82) is 0 Å². The number of fused-ring (bicyclic) bond motifs is 3. The highest BCUT2D eigenvalue weighted by atomic mass is 16.5. The summed E-state index contributed by atoms with van der Waals surface area (Å²) in [5.41, 5.74) is 1.09. The standard InChI is InChI=1S/C29H40N4O5/c34-22-30-11-13-31(14-12-30)28(35)18-23-7-10-32-19-24(23)5-3-15-38-27-6-2-1-4-25(27)20-33(21-29(32)36)26-8-16-37-17-9-26/h1-6,22-24,26H,7-21H2/t23-,24-/m0/s1. The van der Waals surface area contributed by atoms with E-state index in [2.05, 4.69) is 17.0 Å². The average Bonchev–Trinajstić information content (AvgIpc) is 2.97. The molecule has 2 atom stereocenters. The van der Waals surface area contributed by atoms with Gasteiger partial charge in [-0.05, 0) is 37.2 Å². The van der Waals surface area contributed by atoms with Gasteiger partial charge in [-0.1, -0.05) is 30.4 Å². The molecule has 5 rings (SSSR count). The Balaban J connectivity index is 1.31. The number of rotatable bonds is 4. The number of carbonyl (C=O) groups is 3. The van der Waals surface area contributed by atoms with E-state index in [1.807, 2.05) is 34.1 Å². The van der Waals surface area contributed by atoms with Gasteiger partial charge in [0.05, 0.1) is 6.54 Å². The number of nitrogens with zero attached hydrogens (tertiary/aromatic N) is 4. The van der Waals surface area contributed by atoms with Crippen LogP contribution in [0.2, 0.25) is 0 Å². The molecule has 206 valence electrons. The van der Waals surface area contributed by atoms with Gasteiger partial charge in [0.1, 0.15) is 12.4 Å². The summed E-state index contributed by atoms with van der Waals surface area (Å²) in [7, 11) is 0. The molecule has 9 nitrogen and oxygen atoms in total. The molecule has 2 bridgehead atoms. The van der Waals surface area contributed by atoms with Crippen LogP contribution in [0.5, 0.6) is 5.75 Å². The lowest BCUT2D eigenvalue weighted by Crippen LogP contribution is -2.51. The van der Waals surface area contributed by atoms with Crippen molar-refractivity contribution >= 4 is 18.2 Å². The number of amides is 3. The summed E-state index contributed by atoms with van der Waals surface area (Å²) in [5, 5.41) is 0. The lowest BCUT2D eigenvalue weighted by molar-refractivity contribution is -0.138. The zero-order valence-corrected chi connectivity index (χ0v) is 22.2. The molecular formula is C29H40N4O5. The van der Waals surface area contributed by atoms with Gasteiger partial charge in [0, 0.05) is 77.1 Å². The van der Waals surface area contributed by atoms with Gasteiger partial charge < -0.3 is 24.2 Å². The molecule has 38 heavy (non-hydrogen) atoms. The number of ether oxygens (including phenoxy) is 2. The summed E-state index contributed by atoms with van der Waals surface area (Å²) in [5.74, 6) is 1.43. The Bertz CT molecular complexity index is 1000. The lowest BCUT2D eigenvalue weighted by atomic mass is 9.82. The van der Waals surface area contributed by atoms with E-state index in [9.17, 15) is 14.4 Å². The Labute approximate surface area is 225 Å². The number of para-hydroxylation sites is 1. The van der Waals surface area contributed by atoms with Crippen LogP contribution in [0.25, 0.3) is 0 Å². The molecule has 4 heterocycles. The van der Waals surface area contributed by atoms with Crippen LogP contribution < -0.4 is 4.74 Å². The maximum atomic E-state index is 13.6. The van der Waals surface area contributed by atoms with Crippen molar-refractivity contribution in [2.24, 2.45) is 11.8 Å². The van der Waals surface area contributed by atoms with Crippen LogP contribution in [-0.4, -0.2) is 109 Å². The molecule has 3 fully saturated rings. The Morgan fingerprint density at radius 1 is 1.00 bits per heavy atom. The number of piperidine rings is 1. The van der Waals surface area contributed by atoms with Gasteiger partial charge in [-0.2, -0.15) is 0 Å². The molecule has 0 aliphatic carbocycles. The van der Waals surface area contributed by atoms with Crippen LogP contribution in [-0.2, 0) is 25.7 Å². The number of benzene rings is 1. The predicted octanol–water partition coefficient (Wildman–Crippen LogP) is 1.77. The SMILES string of the molecule is O=CN1CCN(C(=O)C[C@@H]2CCN3C[C@@H]2C=CCOc2ccccc2CN(C2CCOCC2)CC3=O)CC1. The maximum Gasteiger partial charge on any atom is 0.236 e. The molecule has 0 N–H and O–H groups in total. The monoisotopic (exact) mass is 524 g/mol. The molecule has 1 aromatic carbocycles. The molecule has 3 amide bonds. The van der Waals surface area contributed by atoms with Crippen molar-refractivity contribution in [1.82, 2.24) is 19.6 Å². The second-order valence-electron chi connectivity index (χ2n) is 10.9. The van der Waals surface area contributed by atoms with Gasteiger partial charge >= 0.3 is 0 Å². The van der Waals surface area contributed by atoms with E-state index in [-0.39, 0.29) is 23.7 Å². The molecule has 3 saturated heterocycles. The van der Waals surface area contributed by atoms with Crippen molar-refractivity contribution in [3.63, 3.8) is 0 Å². The highest BCUT2D eigenvalue weighted by Gasteiger charge is 2.34. The first kappa shape index (κ1) is 26.7. The zero-order chi connectivity index (χ0) is 26.3. The summed E-state index contributed by atoms with van der Waals surface area (Å²) in [4.78, 5) is 45.7. The largest absolute Gasteiger partial charge is 0.489 e. The van der Waals surface area contributed by atoms with E-state index in [0.29, 0.717) is 71.4 Å². The van der Waals surface area contributed by atoms with E-state index in [0.717, 1.165) is 50.2 Å². The van der Waals surface area contributed by atoms with E-state index < -0.39 is 0 Å². The molecule has 0 spiro atoms. The molecule has 4 aliphatic rings. The fraction of sp³-hybridized carbons (Fsp3) is 0.621. The van der Waals surface area contributed by atoms with Crippen LogP contribution in [0.1, 0.15) is 31.2 Å². The predicted molar refractivity (Wildman–Crippen MR) is 142 cm³/mol. The Morgan fingerprint density at radius 2 is 1.79 bits per heavy atom. The number of piperazine rings is 1. The van der Waals surface area contributed by atoms with E-state index >= 15 is 0 Å². The first-order chi connectivity index (χ1) is 18.6. The Morgan fingerprint density at radius 3 is 2.58 bits per heavy atom. The molecule has 4 aliphatic heterocycles. The Hall–Kier alpha value is -2.91. The lowest BCUT2D eigenvalue weighted by Gasteiger charge is -2.40. The van der Waals surface area contributed by atoms with Gasteiger partial charge in [0.2, 0.25) is 18.2 Å². The first-order valence-electron chi connectivity index (χ1n) is 14.0. The molecule has 0 aromatic heterocycles. The van der Waals surface area contributed by atoms with Crippen LogP contribution in [0.4, 0.5) is 0 Å². The molecule has 0 radical (unpaired) electrons. The quantitative estimate of drug-likeness (QED) is 0.441. The van der Waals surface area contributed by atoms with Crippen molar-refractivity contribution in [2.75, 3.05) is 65.6 Å². The smallest absolute Gasteiger partial charge is 0.236 e. The van der Waals surface area contributed by atoms with Gasteiger partial charge in [-0.3, -0.25) is 19.3 Å². The van der Waals surface area contributed by atoms with Crippen LogP contribution in [0, 0.1) is 11.8 Å². The zero-order valence-electron chi connectivity index (χ0n) is 22.2. The molecular weight excluding hydrogens is 484 g/mol. The number of hydrogen-bond donors (Lipinski definition) is 0. The van der Waals surface area contributed by atoms with Gasteiger partial charge in [0.15, 0.2) is 0 Å². The van der Waals surface area contributed by atoms with Gasteiger partial charge in [-0.25, -0.2) is 0 Å². The van der Waals surface area contributed by atoms with Gasteiger partial charge in [-0.15, -0.1) is 0 Å². The summed E-state index contributed by atoms with van der Waals surface area (Å²) in [6.07, 6.45) is 8.17. The third kappa shape index (κ3) is 6.56. The first-order valence-corrected chi connectivity index (χ1v) is 14.0. The summed E-state index contributed by atoms with van der Waals surface area (Å²) in [6.45, 7) is 6.61. The number of hydrogen-bond acceptors (Lipinski definition) is 6. The number of carbonyl (C=O) groups excluding carboxylic acids is 3. The van der Waals surface area contributed by atoms with Crippen molar-refractivity contribution in [3.05, 3.63) is 42.0 Å².